The molecule has 0 radical (unpaired) electrons. The molecule has 1 fully saturated rings. The smallest absolute Gasteiger partial charge is 0.257 e. The van der Waals surface area contributed by atoms with Crippen LogP contribution in [0.4, 0.5) is 0 Å². The highest BCUT2D eigenvalue weighted by Crippen LogP contribution is 2.15. The molecule has 0 spiro atoms. The first-order valence-corrected chi connectivity index (χ1v) is 9.32. The van der Waals surface area contributed by atoms with E-state index >= 15 is 0 Å². The molecule has 1 aliphatic rings. The van der Waals surface area contributed by atoms with Crippen molar-refractivity contribution in [1.29, 1.82) is 0 Å². The van der Waals surface area contributed by atoms with Crippen molar-refractivity contribution in [1.82, 2.24) is 19.4 Å². The van der Waals surface area contributed by atoms with E-state index < -0.39 is 0 Å². The molecule has 7 heteroatoms. The molecule has 4 rings (SSSR count). The van der Waals surface area contributed by atoms with E-state index in [9.17, 15) is 9.59 Å². The Bertz CT molecular complexity index is 953. The quantitative estimate of drug-likeness (QED) is 0.669. The fourth-order valence-corrected chi connectivity index (χ4v) is 3.66. The third-order valence-electron chi connectivity index (χ3n) is 4.47. The van der Waals surface area contributed by atoms with Crippen molar-refractivity contribution >= 4 is 34.7 Å². The normalized spacial score (nSPS) is 15.1. The predicted octanol–water partition coefficient (Wildman–Crippen LogP) is 2.39. The van der Waals surface area contributed by atoms with Crippen LogP contribution >= 0.6 is 11.3 Å². The fourth-order valence-electron chi connectivity index (χ4n) is 3.04. The van der Waals surface area contributed by atoms with Gasteiger partial charge >= 0.3 is 0 Å². The van der Waals surface area contributed by atoms with Gasteiger partial charge in [0.1, 0.15) is 0 Å². The van der Waals surface area contributed by atoms with Crippen LogP contribution in [0.3, 0.4) is 0 Å². The van der Waals surface area contributed by atoms with E-state index in [1.165, 1.54) is 0 Å². The lowest BCUT2D eigenvalue weighted by atomic mass is 10.2. The van der Waals surface area contributed by atoms with Crippen molar-refractivity contribution in [3.8, 4) is 0 Å². The number of aromatic nitrogens is 2. The Morgan fingerprint density at radius 1 is 1.04 bits per heavy atom. The second-order valence-electron chi connectivity index (χ2n) is 6.05. The molecule has 6 nitrogen and oxygen atoms in total. The summed E-state index contributed by atoms with van der Waals surface area (Å²) in [7, 11) is 0. The van der Waals surface area contributed by atoms with Crippen LogP contribution in [0.5, 0.6) is 0 Å². The number of carbonyl (C=O) groups excluding carboxylic acids is 2. The molecule has 2 amide bonds. The summed E-state index contributed by atoms with van der Waals surface area (Å²) in [6, 6.07) is 9.59. The maximum absolute atomic E-state index is 12.8. The molecule has 132 valence electrons. The van der Waals surface area contributed by atoms with Crippen molar-refractivity contribution in [2.24, 2.45) is 0 Å². The Labute approximate surface area is 155 Å². The van der Waals surface area contributed by atoms with Gasteiger partial charge in [0.15, 0.2) is 0 Å². The molecule has 0 aliphatic carbocycles. The Kier molecular flexibility index (Phi) is 4.53. The van der Waals surface area contributed by atoms with E-state index in [0.717, 1.165) is 10.4 Å². The Balaban J connectivity index is 1.38. The highest BCUT2D eigenvalue weighted by molar-refractivity contribution is 7.10. The van der Waals surface area contributed by atoms with Gasteiger partial charge in [0.2, 0.25) is 5.91 Å². The minimum atomic E-state index is -0.0348. The lowest BCUT2D eigenvalue weighted by molar-refractivity contribution is -0.127. The minimum Gasteiger partial charge on any atom is -0.336 e. The summed E-state index contributed by atoms with van der Waals surface area (Å²) in [5, 5.41) is 6.20. The van der Waals surface area contributed by atoms with Crippen LogP contribution in [0.1, 0.15) is 15.2 Å². The molecule has 0 atom stereocenters. The van der Waals surface area contributed by atoms with E-state index in [1.807, 2.05) is 48.0 Å². The van der Waals surface area contributed by atoms with Crippen molar-refractivity contribution in [3.63, 3.8) is 0 Å². The van der Waals surface area contributed by atoms with Crippen LogP contribution in [0.15, 0.2) is 54.2 Å². The third kappa shape index (κ3) is 3.25. The molecule has 0 aromatic carbocycles. The van der Waals surface area contributed by atoms with E-state index in [4.69, 9.17) is 0 Å². The van der Waals surface area contributed by atoms with Gasteiger partial charge in [0.05, 0.1) is 17.3 Å². The minimum absolute atomic E-state index is 0.0125. The molecule has 4 heterocycles. The second kappa shape index (κ2) is 7.13. The monoisotopic (exact) mass is 366 g/mol. The number of amides is 2. The molecule has 0 unspecified atom stereocenters. The molecule has 0 N–H and O–H groups in total. The predicted molar refractivity (Wildman–Crippen MR) is 101 cm³/mol. The molecule has 26 heavy (non-hydrogen) atoms. The molecular weight excluding hydrogens is 348 g/mol. The zero-order chi connectivity index (χ0) is 17.9. The maximum Gasteiger partial charge on any atom is 0.257 e. The Hall–Kier alpha value is -2.93. The summed E-state index contributed by atoms with van der Waals surface area (Å²) in [4.78, 5) is 29.7. The van der Waals surface area contributed by atoms with Gasteiger partial charge in [-0.1, -0.05) is 12.1 Å². The zero-order valence-corrected chi connectivity index (χ0v) is 14.9. The number of hydrogen-bond acceptors (Lipinski definition) is 4. The van der Waals surface area contributed by atoms with Crippen LogP contribution < -0.4 is 0 Å². The molecule has 3 aromatic rings. The summed E-state index contributed by atoms with van der Waals surface area (Å²) in [5.41, 5.74) is 1.40. The Morgan fingerprint density at radius 2 is 1.85 bits per heavy atom. The number of thiophene rings is 1. The number of hydrogen-bond donors (Lipinski definition) is 0. The first-order chi connectivity index (χ1) is 12.7. The summed E-state index contributed by atoms with van der Waals surface area (Å²) < 4.78 is 1.70. The van der Waals surface area contributed by atoms with Gasteiger partial charge in [-0.15, -0.1) is 11.3 Å². The molecule has 1 aliphatic heterocycles. The number of rotatable bonds is 3. The summed E-state index contributed by atoms with van der Waals surface area (Å²) in [6.07, 6.45) is 6.87. The largest absolute Gasteiger partial charge is 0.336 e. The van der Waals surface area contributed by atoms with E-state index in [-0.39, 0.29) is 11.8 Å². The molecule has 1 saturated heterocycles. The number of pyridine rings is 1. The average molecular weight is 366 g/mol. The molecule has 0 saturated carbocycles. The van der Waals surface area contributed by atoms with Crippen LogP contribution in [0.2, 0.25) is 0 Å². The molecule has 3 aromatic heterocycles. The average Bonchev–Trinajstić information content (AvgIpc) is 3.35. The van der Waals surface area contributed by atoms with Gasteiger partial charge in [-0.2, -0.15) is 5.10 Å². The molecule has 0 bridgehead atoms. The van der Waals surface area contributed by atoms with Crippen molar-refractivity contribution in [2.45, 2.75) is 0 Å². The van der Waals surface area contributed by atoms with E-state index in [2.05, 4.69) is 5.10 Å². The van der Waals surface area contributed by atoms with Gasteiger partial charge < -0.3 is 9.80 Å². The summed E-state index contributed by atoms with van der Waals surface area (Å²) >= 11 is 1.60. The van der Waals surface area contributed by atoms with Gasteiger partial charge in [0, 0.05) is 43.3 Å². The summed E-state index contributed by atoms with van der Waals surface area (Å²) in [6.45, 7) is 2.14. The van der Waals surface area contributed by atoms with Crippen LogP contribution in [0, 0.1) is 0 Å². The van der Waals surface area contributed by atoms with Crippen molar-refractivity contribution in [2.75, 3.05) is 26.2 Å². The summed E-state index contributed by atoms with van der Waals surface area (Å²) in [5.74, 6) is -0.0473. The van der Waals surface area contributed by atoms with E-state index in [0.29, 0.717) is 31.7 Å². The maximum atomic E-state index is 12.8. The van der Waals surface area contributed by atoms with Gasteiger partial charge in [0.25, 0.3) is 5.91 Å². The first kappa shape index (κ1) is 16.5. The lowest BCUT2D eigenvalue weighted by Crippen LogP contribution is -2.50. The van der Waals surface area contributed by atoms with Crippen LogP contribution in [-0.4, -0.2) is 57.4 Å². The van der Waals surface area contributed by atoms with Gasteiger partial charge in [-0.3, -0.25) is 9.59 Å². The van der Waals surface area contributed by atoms with E-state index in [1.54, 1.807) is 37.9 Å². The number of fused-ring (bicyclic) bond motifs is 1. The van der Waals surface area contributed by atoms with Crippen molar-refractivity contribution in [3.05, 3.63) is 64.6 Å². The number of piperazine rings is 1. The topological polar surface area (TPSA) is 57.9 Å². The van der Waals surface area contributed by atoms with Gasteiger partial charge in [-0.25, -0.2) is 4.52 Å². The highest BCUT2D eigenvalue weighted by atomic mass is 32.1. The second-order valence-corrected chi connectivity index (χ2v) is 7.03. The lowest BCUT2D eigenvalue weighted by Gasteiger charge is -2.34. The van der Waals surface area contributed by atoms with Crippen LogP contribution in [-0.2, 0) is 4.79 Å². The fraction of sp³-hybridized carbons (Fsp3) is 0.211. The SMILES string of the molecule is O=C(/C=C/c1cccs1)N1CCN(C(=O)c2cnn3ccccc23)CC1. The third-order valence-corrected chi connectivity index (χ3v) is 5.31. The zero-order valence-electron chi connectivity index (χ0n) is 14.1. The standard InChI is InChI=1S/C19H18N4O2S/c24-18(7-6-15-4-3-13-26-15)21-9-11-22(12-10-21)19(25)16-14-20-23-8-2-1-5-17(16)23/h1-8,13-14H,9-12H2/b7-6+. The highest BCUT2D eigenvalue weighted by Gasteiger charge is 2.25. The van der Waals surface area contributed by atoms with Gasteiger partial charge in [-0.05, 0) is 29.7 Å². The number of nitrogens with zero attached hydrogens (tertiary/aromatic N) is 4. The number of carbonyl (C=O) groups is 2. The van der Waals surface area contributed by atoms with Crippen molar-refractivity contribution < 1.29 is 9.59 Å². The Morgan fingerprint density at radius 3 is 2.62 bits per heavy atom. The first-order valence-electron chi connectivity index (χ1n) is 8.44. The van der Waals surface area contributed by atoms with Crippen LogP contribution in [0.25, 0.3) is 11.6 Å². The molecular formula is C19H18N4O2S.